The molecular formula is C17H12F3N3O5S. The molecule has 3 N–H and O–H groups in total. The minimum Gasteiger partial charge on any atom is -0.499 e. The second-order valence-corrected chi connectivity index (χ2v) is 6.91. The number of hydrogen-bond donors (Lipinski definition) is 3. The van der Waals surface area contributed by atoms with Crippen LogP contribution in [0.1, 0.15) is 16.1 Å². The van der Waals surface area contributed by atoms with Crippen molar-refractivity contribution in [3.8, 4) is 16.3 Å². The fraction of sp³-hybridized carbons (Fsp3) is 0.176. The van der Waals surface area contributed by atoms with Gasteiger partial charge in [-0.3, -0.25) is 19.1 Å². The van der Waals surface area contributed by atoms with Gasteiger partial charge in [0.05, 0.1) is 10.4 Å². The van der Waals surface area contributed by atoms with Gasteiger partial charge in [-0.05, 0) is 12.1 Å². The number of rotatable bonds is 4. The number of carbonyl (C=O) groups is 2. The Morgan fingerprint density at radius 2 is 2.00 bits per heavy atom. The third kappa shape index (κ3) is 3.78. The molecule has 0 aliphatic carbocycles. The maximum Gasteiger partial charge on any atom is 0.435 e. The average Bonchev–Trinajstić information content (AvgIpc) is 3.01. The number of halogens is 3. The molecule has 0 aliphatic rings. The molecule has 0 aliphatic heterocycles. The number of nitrogens with one attached hydrogen (secondary N) is 1. The zero-order valence-electron chi connectivity index (χ0n) is 14.6. The molecule has 1 amide bonds. The number of aryl methyl sites for hydroxylation is 1. The highest BCUT2D eigenvalue weighted by molar-refractivity contribution is 7.20. The van der Waals surface area contributed by atoms with Crippen LogP contribution in [0.15, 0.2) is 29.1 Å². The van der Waals surface area contributed by atoms with Crippen LogP contribution in [0.4, 0.5) is 13.2 Å². The van der Waals surface area contributed by atoms with E-state index < -0.39 is 46.3 Å². The van der Waals surface area contributed by atoms with Gasteiger partial charge in [-0.25, -0.2) is 0 Å². The van der Waals surface area contributed by atoms with Crippen LogP contribution in [0.2, 0.25) is 0 Å². The number of carboxylic acids is 1. The Morgan fingerprint density at radius 3 is 2.59 bits per heavy atom. The van der Waals surface area contributed by atoms with Gasteiger partial charge >= 0.3 is 12.1 Å². The van der Waals surface area contributed by atoms with Crippen LogP contribution in [0.25, 0.3) is 21.3 Å². The quantitative estimate of drug-likeness (QED) is 0.587. The highest BCUT2D eigenvalue weighted by Crippen LogP contribution is 2.37. The Balaban J connectivity index is 2.19. The molecule has 0 saturated heterocycles. The second-order valence-electron chi connectivity index (χ2n) is 5.91. The molecule has 0 spiro atoms. The number of carbonyl (C=O) groups excluding carboxylic acids is 1. The van der Waals surface area contributed by atoms with Gasteiger partial charge in [0.25, 0.3) is 5.91 Å². The van der Waals surface area contributed by atoms with Crippen molar-refractivity contribution in [2.45, 2.75) is 6.18 Å². The second kappa shape index (κ2) is 7.20. The first-order chi connectivity index (χ1) is 13.5. The maximum absolute atomic E-state index is 13.0. The predicted octanol–water partition coefficient (Wildman–Crippen LogP) is 2.20. The molecule has 2 aromatic heterocycles. The molecule has 8 nitrogen and oxygen atoms in total. The smallest absolute Gasteiger partial charge is 0.435 e. The van der Waals surface area contributed by atoms with Crippen molar-refractivity contribution in [3.63, 3.8) is 0 Å². The first kappa shape index (κ1) is 20.3. The molecule has 29 heavy (non-hydrogen) atoms. The van der Waals surface area contributed by atoms with Crippen molar-refractivity contribution in [2.24, 2.45) is 7.05 Å². The summed E-state index contributed by atoms with van der Waals surface area (Å²) in [6, 6.07) is 5.05. The minimum absolute atomic E-state index is 0.0134. The van der Waals surface area contributed by atoms with E-state index in [1.807, 2.05) is 5.32 Å². The van der Waals surface area contributed by atoms with Crippen molar-refractivity contribution in [3.05, 3.63) is 45.7 Å². The van der Waals surface area contributed by atoms with E-state index in [-0.39, 0.29) is 21.3 Å². The summed E-state index contributed by atoms with van der Waals surface area (Å²) in [7, 11) is 1.31. The number of nitrogens with zero attached hydrogens (tertiary/aromatic N) is 2. The molecule has 0 unspecified atom stereocenters. The SMILES string of the molecule is Cn1nc(C(F)(F)F)cc1-c1cccc2c(=O)c(C(=O)NCC(=O)O)c(O)sc12. The lowest BCUT2D eigenvalue weighted by molar-refractivity contribution is -0.141. The molecule has 12 heteroatoms. The van der Waals surface area contributed by atoms with Crippen LogP contribution in [-0.4, -0.2) is 38.4 Å². The average molecular weight is 427 g/mol. The van der Waals surface area contributed by atoms with Gasteiger partial charge < -0.3 is 15.5 Å². The lowest BCUT2D eigenvalue weighted by Gasteiger charge is -2.09. The Kier molecular flexibility index (Phi) is 5.05. The fourth-order valence-corrected chi connectivity index (χ4v) is 3.74. The molecule has 152 valence electrons. The topological polar surface area (TPSA) is 122 Å². The van der Waals surface area contributed by atoms with E-state index in [0.29, 0.717) is 11.3 Å². The molecule has 0 saturated carbocycles. The van der Waals surface area contributed by atoms with Crippen LogP contribution in [0.5, 0.6) is 5.06 Å². The number of aromatic nitrogens is 2. The van der Waals surface area contributed by atoms with E-state index >= 15 is 0 Å². The number of carboxylic acid groups (broad SMARTS) is 1. The summed E-state index contributed by atoms with van der Waals surface area (Å²) in [6.07, 6.45) is -4.66. The number of amides is 1. The van der Waals surface area contributed by atoms with Crippen LogP contribution in [0, 0.1) is 0 Å². The van der Waals surface area contributed by atoms with E-state index in [2.05, 4.69) is 5.10 Å². The van der Waals surface area contributed by atoms with Crippen LogP contribution in [0.3, 0.4) is 0 Å². The number of benzene rings is 1. The van der Waals surface area contributed by atoms with Crippen LogP contribution in [-0.2, 0) is 18.0 Å². The van der Waals surface area contributed by atoms with Crippen LogP contribution >= 0.6 is 11.3 Å². The van der Waals surface area contributed by atoms with Gasteiger partial charge in [-0.1, -0.05) is 23.5 Å². The Hall–Kier alpha value is -3.41. The normalized spacial score (nSPS) is 11.6. The third-order valence-electron chi connectivity index (χ3n) is 3.97. The highest BCUT2D eigenvalue weighted by Gasteiger charge is 2.35. The molecule has 2 heterocycles. The van der Waals surface area contributed by atoms with Crippen LogP contribution < -0.4 is 10.7 Å². The van der Waals surface area contributed by atoms with Gasteiger partial charge in [0.15, 0.2) is 10.8 Å². The Morgan fingerprint density at radius 1 is 1.31 bits per heavy atom. The van der Waals surface area contributed by atoms with Crippen molar-refractivity contribution >= 4 is 33.3 Å². The maximum atomic E-state index is 13.0. The number of aliphatic carboxylic acids is 1. The van der Waals surface area contributed by atoms with Crippen molar-refractivity contribution in [1.29, 1.82) is 0 Å². The number of aromatic hydroxyl groups is 1. The standard InChI is InChI=1S/C17H12F3N3O5S/c1-23-9(5-10(22-23)17(18,19)20)7-3-2-4-8-13(26)12(16(28)29-14(7)8)15(27)21-6-11(24)25/h2-5,28H,6H2,1H3,(H,21,27)(H,24,25). The molecule has 3 aromatic rings. The van der Waals surface area contributed by atoms with Crippen molar-refractivity contribution in [2.75, 3.05) is 6.54 Å². The molecule has 0 fully saturated rings. The van der Waals surface area contributed by atoms with E-state index in [9.17, 15) is 32.7 Å². The summed E-state index contributed by atoms with van der Waals surface area (Å²) in [5.74, 6) is -2.41. The summed E-state index contributed by atoms with van der Waals surface area (Å²) in [5, 5.41) is 23.6. The largest absolute Gasteiger partial charge is 0.499 e. The Bertz CT molecular complexity index is 1200. The first-order valence-electron chi connectivity index (χ1n) is 7.91. The van der Waals surface area contributed by atoms with E-state index in [1.54, 1.807) is 0 Å². The first-order valence-corrected chi connectivity index (χ1v) is 8.72. The molecule has 0 bridgehead atoms. The zero-order chi connectivity index (χ0) is 21.5. The third-order valence-corrected chi connectivity index (χ3v) is 5.01. The molecule has 1 aromatic carbocycles. The summed E-state index contributed by atoms with van der Waals surface area (Å²) in [6.45, 7) is -0.754. The van der Waals surface area contributed by atoms with Crippen molar-refractivity contribution < 1.29 is 33.0 Å². The number of hydrogen-bond acceptors (Lipinski definition) is 6. The molecular weight excluding hydrogens is 415 g/mol. The summed E-state index contributed by atoms with van der Waals surface area (Å²) in [5.41, 5.74) is -2.36. The monoisotopic (exact) mass is 427 g/mol. The fourth-order valence-electron chi connectivity index (χ4n) is 2.71. The predicted molar refractivity (Wildman–Crippen MR) is 96.9 cm³/mol. The minimum atomic E-state index is -4.66. The zero-order valence-corrected chi connectivity index (χ0v) is 15.4. The number of alkyl halides is 3. The molecule has 0 radical (unpaired) electrons. The van der Waals surface area contributed by atoms with E-state index in [0.717, 1.165) is 10.7 Å². The van der Waals surface area contributed by atoms with Gasteiger partial charge in [0.1, 0.15) is 12.1 Å². The number of fused-ring (bicyclic) bond motifs is 1. The highest BCUT2D eigenvalue weighted by atomic mass is 32.1. The Labute approximate surface area is 163 Å². The summed E-state index contributed by atoms with van der Waals surface area (Å²) in [4.78, 5) is 35.4. The van der Waals surface area contributed by atoms with Gasteiger partial charge in [0, 0.05) is 18.0 Å². The van der Waals surface area contributed by atoms with Gasteiger partial charge in [0.2, 0.25) is 5.43 Å². The summed E-state index contributed by atoms with van der Waals surface area (Å²) >= 11 is 0.617. The lowest BCUT2D eigenvalue weighted by atomic mass is 10.1. The van der Waals surface area contributed by atoms with Gasteiger partial charge in [-0.15, -0.1) is 0 Å². The lowest BCUT2D eigenvalue weighted by Crippen LogP contribution is -2.32. The molecule has 3 rings (SSSR count). The van der Waals surface area contributed by atoms with E-state index in [1.165, 1.54) is 25.2 Å². The van der Waals surface area contributed by atoms with Gasteiger partial charge in [-0.2, -0.15) is 18.3 Å². The van der Waals surface area contributed by atoms with Crippen molar-refractivity contribution in [1.82, 2.24) is 15.1 Å². The van der Waals surface area contributed by atoms with E-state index in [4.69, 9.17) is 5.11 Å². The molecule has 0 atom stereocenters. The summed E-state index contributed by atoms with van der Waals surface area (Å²) < 4.78 is 40.0.